The van der Waals surface area contributed by atoms with E-state index in [0.717, 1.165) is 5.56 Å². The van der Waals surface area contributed by atoms with Crippen LogP contribution in [-0.2, 0) is 16.0 Å². The second-order valence-electron chi connectivity index (χ2n) is 5.01. The third-order valence-electron chi connectivity index (χ3n) is 2.10. The zero-order valence-electron chi connectivity index (χ0n) is 10.4. The molecule has 0 saturated carbocycles. The molecule has 0 amide bonds. The van der Waals surface area contributed by atoms with Gasteiger partial charge in [0.2, 0.25) is 0 Å². The molecule has 0 heterocycles. The molecule has 94 valence electrons. The van der Waals surface area contributed by atoms with E-state index in [2.05, 4.69) is 0 Å². The summed E-state index contributed by atoms with van der Waals surface area (Å²) in [6.45, 7) is 5.41. The van der Waals surface area contributed by atoms with Gasteiger partial charge in [-0.15, -0.1) is 0 Å². The molecule has 0 aliphatic carbocycles. The van der Waals surface area contributed by atoms with Crippen molar-refractivity contribution >= 4 is 5.97 Å². The maximum absolute atomic E-state index is 11.6. The summed E-state index contributed by atoms with van der Waals surface area (Å²) < 4.78 is 5.18. The van der Waals surface area contributed by atoms with Crippen LogP contribution >= 0.6 is 0 Å². The molecule has 0 bridgehead atoms. The van der Waals surface area contributed by atoms with Crippen molar-refractivity contribution in [3.05, 3.63) is 29.8 Å². The van der Waals surface area contributed by atoms with Crippen LogP contribution in [0.15, 0.2) is 24.3 Å². The second-order valence-corrected chi connectivity index (χ2v) is 5.01. The summed E-state index contributed by atoms with van der Waals surface area (Å²) in [7, 11) is 0. The number of hydrogen-bond donors (Lipinski definition) is 2. The van der Waals surface area contributed by atoms with Crippen molar-refractivity contribution in [2.24, 2.45) is 5.73 Å². The van der Waals surface area contributed by atoms with Crippen molar-refractivity contribution in [1.82, 2.24) is 0 Å². The minimum absolute atomic E-state index is 0.194. The summed E-state index contributed by atoms with van der Waals surface area (Å²) in [4.78, 5) is 11.6. The highest BCUT2D eigenvalue weighted by molar-refractivity contribution is 5.76. The molecule has 1 aromatic carbocycles. The molecule has 1 aromatic rings. The van der Waals surface area contributed by atoms with E-state index in [1.807, 2.05) is 0 Å². The molecule has 4 nitrogen and oxygen atoms in total. The molecular formula is C13H19NO3. The predicted molar refractivity (Wildman–Crippen MR) is 65.6 cm³/mol. The van der Waals surface area contributed by atoms with Crippen molar-refractivity contribution in [3.8, 4) is 5.75 Å². The van der Waals surface area contributed by atoms with Crippen LogP contribution in [0.2, 0.25) is 0 Å². The Kier molecular flexibility index (Phi) is 4.12. The molecule has 0 aliphatic rings. The Morgan fingerprint density at radius 2 is 1.88 bits per heavy atom. The van der Waals surface area contributed by atoms with Gasteiger partial charge in [-0.1, -0.05) is 12.1 Å². The molecule has 3 N–H and O–H groups in total. The van der Waals surface area contributed by atoms with E-state index in [0.29, 0.717) is 6.42 Å². The number of carbonyl (C=O) groups is 1. The van der Waals surface area contributed by atoms with Crippen LogP contribution in [0.5, 0.6) is 5.75 Å². The zero-order chi connectivity index (χ0) is 13.1. The van der Waals surface area contributed by atoms with E-state index in [-0.39, 0.29) is 5.75 Å². The summed E-state index contributed by atoms with van der Waals surface area (Å²) in [5.74, 6) is -0.217. The molecule has 0 aliphatic heterocycles. The summed E-state index contributed by atoms with van der Waals surface area (Å²) in [6.07, 6.45) is 0.398. The van der Waals surface area contributed by atoms with Crippen molar-refractivity contribution < 1.29 is 14.6 Å². The van der Waals surface area contributed by atoms with Gasteiger partial charge in [0.1, 0.15) is 17.4 Å². The van der Waals surface area contributed by atoms with Crippen molar-refractivity contribution in [1.29, 1.82) is 0 Å². The van der Waals surface area contributed by atoms with Gasteiger partial charge in [-0.05, 0) is 44.9 Å². The SMILES string of the molecule is CC(C)(C)OC(=O)[C@H](N)Cc1ccc(O)cc1. The summed E-state index contributed by atoms with van der Waals surface area (Å²) in [6, 6.07) is 5.92. The monoisotopic (exact) mass is 237 g/mol. The Balaban J connectivity index is 2.57. The molecule has 4 heteroatoms. The first-order valence-electron chi connectivity index (χ1n) is 5.54. The Bertz CT molecular complexity index is 379. The van der Waals surface area contributed by atoms with Crippen molar-refractivity contribution in [2.75, 3.05) is 0 Å². The molecule has 0 aromatic heterocycles. The van der Waals surface area contributed by atoms with Gasteiger partial charge < -0.3 is 15.6 Å². The van der Waals surface area contributed by atoms with Gasteiger partial charge >= 0.3 is 5.97 Å². The molecule has 1 atom stereocenters. The number of nitrogens with two attached hydrogens (primary N) is 1. The second kappa shape index (κ2) is 5.19. The minimum atomic E-state index is -0.682. The van der Waals surface area contributed by atoms with Crippen LogP contribution in [0, 0.1) is 0 Å². The Morgan fingerprint density at radius 1 is 1.35 bits per heavy atom. The standard InChI is InChI=1S/C13H19NO3/c1-13(2,3)17-12(16)11(14)8-9-4-6-10(15)7-5-9/h4-7,11,15H,8,14H2,1-3H3/t11-/m1/s1. The third-order valence-corrected chi connectivity index (χ3v) is 2.10. The fourth-order valence-electron chi connectivity index (χ4n) is 1.35. The number of esters is 1. The van der Waals surface area contributed by atoms with Gasteiger partial charge in [0, 0.05) is 0 Å². The van der Waals surface area contributed by atoms with Crippen molar-refractivity contribution in [3.63, 3.8) is 0 Å². The number of carbonyl (C=O) groups excluding carboxylic acids is 1. The lowest BCUT2D eigenvalue weighted by atomic mass is 10.1. The molecule has 0 spiro atoms. The average molecular weight is 237 g/mol. The lowest BCUT2D eigenvalue weighted by molar-refractivity contribution is -0.156. The summed E-state index contributed by atoms with van der Waals surface area (Å²) >= 11 is 0. The minimum Gasteiger partial charge on any atom is -0.508 e. The molecular weight excluding hydrogens is 218 g/mol. The highest BCUT2D eigenvalue weighted by Crippen LogP contribution is 2.13. The third kappa shape index (κ3) is 4.87. The van der Waals surface area contributed by atoms with Crippen LogP contribution in [0.25, 0.3) is 0 Å². The van der Waals surface area contributed by atoms with Gasteiger partial charge in [-0.25, -0.2) is 0 Å². The average Bonchev–Trinajstić information content (AvgIpc) is 2.19. The fourth-order valence-corrected chi connectivity index (χ4v) is 1.35. The first-order valence-corrected chi connectivity index (χ1v) is 5.54. The van der Waals surface area contributed by atoms with Gasteiger partial charge in [-0.2, -0.15) is 0 Å². The smallest absolute Gasteiger partial charge is 0.323 e. The number of ether oxygens (including phenoxy) is 1. The topological polar surface area (TPSA) is 72.5 Å². The Morgan fingerprint density at radius 3 is 2.35 bits per heavy atom. The maximum atomic E-state index is 11.6. The zero-order valence-corrected chi connectivity index (χ0v) is 10.4. The highest BCUT2D eigenvalue weighted by Gasteiger charge is 2.22. The molecule has 0 saturated heterocycles. The fraction of sp³-hybridized carbons (Fsp3) is 0.462. The Labute approximate surface area is 101 Å². The summed E-state index contributed by atoms with van der Waals surface area (Å²) in [5.41, 5.74) is 6.12. The van der Waals surface area contributed by atoms with E-state index in [1.165, 1.54) is 0 Å². The molecule has 0 unspecified atom stereocenters. The van der Waals surface area contributed by atoms with E-state index in [9.17, 15) is 4.79 Å². The number of benzene rings is 1. The lowest BCUT2D eigenvalue weighted by Crippen LogP contribution is -2.38. The van der Waals surface area contributed by atoms with Gasteiger partial charge in [0.25, 0.3) is 0 Å². The molecule has 1 rings (SSSR count). The quantitative estimate of drug-likeness (QED) is 0.783. The largest absolute Gasteiger partial charge is 0.508 e. The van der Waals surface area contributed by atoms with Crippen LogP contribution in [0.1, 0.15) is 26.3 Å². The number of phenolic OH excluding ortho intramolecular Hbond substituents is 1. The predicted octanol–water partition coefficient (Wildman–Crippen LogP) is 1.60. The molecule has 0 fully saturated rings. The first-order chi connectivity index (χ1) is 7.78. The highest BCUT2D eigenvalue weighted by atomic mass is 16.6. The first kappa shape index (κ1) is 13.5. The summed E-state index contributed by atoms with van der Waals surface area (Å²) in [5, 5.41) is 9.13. The van der Waals surface area contributed by atoms with E-state index < -0.39 is 17.6 Å². The van der Waals surface area contributed by atoms with Gasteiger partial charge in [0.15, 0.2) is 0 Å². The van der Waals surface area contributed by atoms with Crippen molar-refractivity contribution in [2.45, 2.75) is 38.8 Å². The van der Waals surface area contributed by atoms with Gasteiger partial charge in [-0.3, -0.25) is 4.79 Å². The maximum Gasteiger partial charge on any atom is 0.323 e. The number of rotatable bonds is 3. The normalized spacial score (nSPS) is 13.2. The van der Waals surface area contributed by atoms with Crippen LogP contribution in [0.3, 0.4) is 0 Å². The van der Waals surface area contributed by atoms with E-state index in [4.69, 9.17) is 15.6 Å². The number of hydrogen-bond acceptors (Lipinski definition) is 4. The lowest BCUT2D eigenvalue weighted by Gasteiger charge is -2.22. The number of aromatic hydroxyl groups is 1. The van der Waals surface area contributed by atoms with E-state index >= 15 is 0 Å². The Hall–Kier alpha value is -1.55. The van der Waals surface area contributed by atoms with Crippen LogP contribution in [0.4, 0.5) is 0 Å². The van der Waals surface area contributed by atoms with E-state index in [1.54, 1.807) is 45.0 Å². The molecule has 0 radical (unpaired) electrons. The number of phenols is 1. The van der Waals surface area contributed by atoms with Gasteiger partial charge in [0.05, 0.1) is 0 Å². The van der Waals surface area contributed by atoms with Crippen LogP contribution < -0.4 is 5.73 Å². The molecule has 17 heavy (non-hydrogen) atoms. The van der Waals surface area contributed by atoms with Crippen LogP contribution in [-0.4, -0.2) is 22.7 Å².